The normalized spacial score (nSPS) is 18.6. The summed E-state index contributed by atoms with van der Waals surface area (Å²) in [5.41, 5.74) is 2.62. The molecule has 1 atom stereocenters. The topological polar surface area (TPSA) is 78.7 Å². The van der Waals surface area contributed by atoms with Crippen LogP contribution in [0.15, 0.2) is 29.8 Å². The number of halogens is 1. The number of hydrogen-bond acceptors (Lipinski definition) is 5. The minimum absolute atomic E-state index is 0.0892. The van der Waals surface area contributed by atoms with Crippen molar-refractivity contribution in [3.63, 3.8) is 0 Å². The number of aryl methyl sites for hydroxylation is 2. The van der Waals surface area contributed by atoms with Gasteiger partial charge >= 0.3 is 0 Å². The van der Waals surface area contributed by atoms with Gasteiger partial charge in [-0.3, -0.25) is 14.3 Å². The van der Waals surface area contributed by atoms with Crippen LogP contribution in [0, 0.1) is 13.8 Å². The van der Waals surface area contributed by atoms with E-state index in [1.165, 1.54) is 0 Å². The average Bonchev–Trinajstić information content (AvgIpc) is 3.08. The Morgan fingerprint density at radius 2 is 1.83 bits per heavy atom. The molecule has 160 valence electrons. The van der Waals surface area contributed by atoms with Gasteiger partial charge in [0.25, 0.3) is 11.7 Å². The number of ketones is 1. The molecule has 7 nitrogen and oxygen atoms in total. The minimum Gasteiger partial charge on any atom is -0.507 e. The molecule has 0 unspecified atom stereocenters. The van der Waals surface area contributed by atoms with Crippen molar-refractivity contribution < 1.29 is 14.7 Å². The van der Waals surface area contributed by atoms with Crippen molar-refractivity contribution in [1.82, 2.24) is 19.6 Å². The van der Waals surface area contributed by atoms with E-state index in [0.717, 1.165) is 17.8 Å². The largest absolute Gasteiger partial charge is 0.507 e. The Bertz CT molecular complexity index is 1010. The number of carbonyl (C=O) groups excluding carboxylic acids is 2. The zero-order chi connectivity index (χ0) is 22.2. The van der Waals surface area contributed by atoms with E-state index in [9.17, 15) is 14.7 Å². The van der Waals surface area contributed by atoms with Gasteiger partial charge in [0.1, 0.15) is 5.76 Å². The Labute approximate surface area is 181 Å². The van der Waals surface area contributed by atoms with Gasteiger partial charge in [-0.05, 0) is 58.6 Å². The highest BCUT2D eigenvalue weighted by Crippen LogP contribution is 2.40. The first kappa shape index (κ1) is 22.1. The summed E-state index contributed by atoms with van der Waals surface area (Å²) in [6, 6.07) is 6.33. The van der Waals surface area contributed by atoms with Crippen molar-refractivity contribution in [3.8, 4) is 0 Å². The fourth-order valence-corrected chi connectivity index (χ4v) is 4.04. The van der Waals surface area contributed by atoms with E-state index in [2.05, 4.69) is 5.10 Å². The van der Waals surface area contributed by atoms with Crippen molar-refractivity contribution in [2.24, 2.45) is 7.05 Å². The SMILES string of the molecule is Cc1nn(C)c(C)c1/C(O)=C1\C(=O)C(=O)N(CCCN(C)C)[C@@H]1c1ccc(Cl)cc1. The Kier molecular flexibility index (Phi) is 6.33. The van der Waals surface area contributed by atoms with E-state index >= 15 is 0 Å². The minimum atomic E-state index is -0.681. The summed E-state index contributed by atoms with van der Waals surface area (Å²) in [4.78, 5) is 29.5. The Hall–Kier alpha value is -2.64. The molecule has 1 aliphatic rings. The zero-order valence-electron chi connectivity index (χ0n) is 17.9. The molecule has 1 saturated heterocycles. The molecule has 2 heterocycles. The van der Waals surface area contributed by atoms with Gasteiger partial charge in [0.15, 0.2) is 0 Å². The zero-order valence-corrected chi connectivity index (χ0v) is 18.7. The number of aliphatic hydroxyl groups is 1. The highest BCUT2D eigenvalue weighted by atomic mass is 35.5. The van der Waals surface area contributed by atoms with E-state index in [1.54, 1.807) is 47.8 Å². The van der Waals surface area contributed by atoms with Crippen LogP contribution in [0.4, 0.5) is 0 Å². The van der Waals surface area contributed by atoms with Crippen LogP contribution in [0.5, 0.6) is 0 Å². The fourth-order valence-electron chi connectivity index (χ4n) is 3.91. The monoisotopic (exact) mass is 430 g/mol. The lowest BCUT2D eigenvalue weighted by Crippen LogP contribution is -2.32. The molecule has 0 spiro atoms. The lowest BCUT2D eigenvalue weighted by Gasteiger charge is -2.26. The molecule has 1 fully saturated rings. The van der Waals surface area contributed by atoms with Gasteiger partial charge in [-0.15, -0.1) is 0 Å². The summed E-state index contributed by atoms with van der Waals surface area (Å²) in [5.74, 6) is -1.47. The highest BCUT2D eigenvalue weighted by Gasteiger charge is 2.46. The van der Waals surface area contributed by atoms with E-state index in [-0.39, 0.29) is 11.3 Å². The fraction of sp³-hybridized carbons (Fsp3) is 0.409. The highest BCUT2D eigenvalue weighted by molar-refractivity contribution is 6.46. The Balaban J connectivity index is 2.14. The molecule has 0 bridgehead atoms. The predicted molar refractivity (Wildman–Crippen MR) is 116 cm³/mol. The van der Waals surface area contributed by atoms with Crippen molar-refractivity contribution in [3.05, 3.63) is 57.4 Å². The summed E-state index contributed by atoms with van der Waals surface area (Å²) in [7, 11) is 5.69. The number of Topliss-reactive ketones (excluding diaryl/α,β-unsaturated/α-hetero) is 1. The summed E-state index contributed by atoms with van der Waals surface area (Å²) in [6.45, 7) is 4.76. The molecule has 0 aliphatic carbocycles. The standard InChI is InChI=1S/C22H27ClN4O3/c1-13-17(14(2)26(5)24-13)20(28)18-19(15-7-9-16(23)10-8-15)27(22(30)21(18)29)12-6-11-25(3)4/h7-10,19,28H,6,11-12H2,1-5H3/b20-18+/t19-/m1/s1. The summed E-state index contributed by atoms with van der Waals surface area (Å²) in [5, 5.41) is 16.1. The van der Waals surface area contributed by atoms with Gasteiger partial charge in [0.2, 0.25) is 0 Å². The second kappa shape index (κ2) is 8.62. The molecule has 0 saturated carbocycles. The molecular weight excluding hydrogens is 404 g/mol. The Morgan fingerprint density at radius 1 is 1.20 bits per heavy atom. The van der Waals surface area contributed by atoms with Gasteiger partial charge in [-0.25, -0.2) is 0 Å². The number of aliphatic hydroxyl groups excluding tert-OH is 1. The molecule has 1 aliphatic heterocycles. The van der Waals surface area contributed by atoms with Gasteiger partial charge in [0.05, 0.1) is 22.9 Å². The summed E-state index contributed by atoms with van der Waals surface area (Å²) < 4.78 is 1.65. The number of carbonyl (C=O) groups is 2. The number of benzene rings is 1. The second-order valence-corrected chi connectivity index (χ2v) is 8.31. The van der Waals surface area contributed by atoms with Crippen molar-refractivity contribution in [2.75, 3.05) is 27.2 Å². The number of aromatic nitrogens is 2. The molecule has 3 rings (SSSR count). The van der Waals surface area contributed by atoms with Crippen LogP contribution in [0.2, 0.25) is 5.02 Å². The maximum absolute atomic E-state index is 13.0. The van der Waals surface area contributed by atoms with E-state index in [0.29, 0.717) is 29.2 Å². The van der Waals surface area contributed by atoms with Gasteiger partial charge < -0.3 is 14.9 Å². The summed E-state index contributed by atoms with van der Waals surface area (Å²) in [6.07, 6.45) is 0.703. The average molecular weight is 431 g/mol. The first-order chi connectivity index (χ1) is 14.1. The third kappa shape index (κ3) is 4.00. The number of hydrogen-bond donors (Lipinski definition) is 1. The molecule has 8 heteroatoms. The third-order valence-electron chi connectivity index (χ3n) is 5.48. The first-order valence-electron chi connectivity index (χ1n) is 9.82. The Morgan fingerprint density at radius 3 is 2.37 bits per heavy atom. The third-order valence-corrected chi connectivity index (χ3v) is 5.73. The van der Waals surface area contributed by atoms with Gasteiger partial charge in [-0.1, -0.05) is 23.7 Å². The molecule has 30 heavy (non-hydrogen) atoms. The molecule has 1 aromatic carbocycles. The summed E-state index contributed by atoms with van der Waals surface area (Å²) >= 11 is 6.04. The molecule has 0 radical (unpaired) electrons. The van der Waals surface area contributed by atoms with Crippen LogP contribution in [-0.4, -0.2) is 63.6 Å². The van der Waals surface area contributed by atoms with Crippen LogP contribution in [0.3, 0.4) is 0 Å². The van der Waals surface area contributed by atoms with Crippen molar-refractivity contribution >= 4 is 29.1 Å². The van der Waals surface area contributed by atoms with Crippen molar-refractivity contribution in [2.45, 2.75) is 26.3 Å². The molecule has 1 amide bonds. The number of nitrogens with zero attached hydrogens (tertiary/aromatic N) is 4. The quantitative estimate of drug-likeness (QED) is 0.433. The van der Waals surface area contributed by atoms with Crippen LogP contribution in [-0.2, 0) is 16.6 Å². The molecule has 1 N–H and O–H groups in total. The van der Waals surface area contributed by atoms with Gasteiger partial charge in [-0.2, -0.15) is 5.10 Å². The van der Waals surface area contributed by atoms with E-state index in [1.807, 2.05) is 25.9 Å². The van der Waals surface area contributed by atoms with Crippen LogP contribution in [0.1, 0.15) is 35.0 Å². The maximum atomic E-state index is 13.0. The van der Waals surface area contributed by atoms with Gasteiger partial charge in [0, 0.05) is 24.3 Å². The number of rotatable bonds is 6. The van der Waals surface area contributed by atoms with Crippen LogP contribution >= 0.6 is 11.6 Å². The first-order valence-corrected chi connectivity index (χ1v) is 10.2. The smallest absolute Gasteiger partial charge is 0.295 e. The van der Waals surface area contributed by atoms with Crippen LogP contribution in [0.25, 0.3) is 5.76 Å². The number of likely N-dealkylation sites (tertiary alicyclic amines) is 1. The van der Waals surface area contributed by atoms with E-state index < -0.39 is 17.7 Å². The number of amides is 1. The van der Waals surface area contributed by atoms with Crippen LogP contribution < -0.4 is 0 Å². The molecule has 1 aromatic heterocycles. The predicted octanol–water partition coefficient (Wildman–Crippen LogP) is 3.06. The molecule has 2 aromatic rings. The van der Waals surface area contributed by atoms with Crippen molar-refractivity contribution in [1.29, 1.82) is 0 Å². The van der Waals surface area contributed by atoms with E-state index in [4.69, 9.17) is 11.6 Å². The second-order valence-electron chi connectivity index (χ2n) is 7.87. The molecular formula is C22H27ClN4O3. The lowest BCUT2D eigenvalue weighted by molar-refractivity contribution is -0.139. The lowest BCUT2D eigenvalue weighted by atomic mass is 9.94. The maximum Gasteiger partial charge on any atom is 0.295 e.